The van der Waals surface area contributed by atoms with Crippen LogP contribution in [0, 0.1) is 0 Å². The van der Waals surface area contributed by atoms with Crippen molar-refractivity contribution in [3.05, 3.63) is 12.2 Å². The van der Waals surface area contributed by atoms with Crippen molar-refractivity contribution in [2.45, 2.75) is 90.4 Å². The fourth-order valence-corrected chi connectivity index (χ4v) is 2.70. The molecular formula is C17H33I. The van der Waals surface area contributed by atoms with E-state index in [-0.39, 0.29) is 0 Å². The maximum atomic E-state index is 2.47. The minimum atomic E-state index is 1.31. The zero-order valence-corrected chi connectivity index (χ0v) is 14.6. The lowest BCUT2D eigenvalue weighted by molar-refractivity contribution is 0.610. The predicted octanol–water partition coefficient (Wildman–Crippen LogP) is 7.07. The minimum Gasteiger partial charge on any atom is -0.0885 e. The summed E-state index contributed by atoms with van der Waals surface area (Å²) in [5.74, 6) is 0. The Labute approximate surface area is 129 Å². The van der Waals surface area contributed by atoms with Crippen molar-refractivity contribution in [3.8, 4) is 0 Å². The zero-order chi connectivity index (χ0) is 13.3. The van der Waals surface area contributed by atoms with Gasteiger partial charge in [-0.3, -0.25) is 0 Å². The summed E-state index contributed by atoms with van der Waals surface area (Å²) in [5, 5.41) is 0. The lowest BCUT2D eigenvalue weighted by atomic mass is 10.1. The highest BCUT2D eigenvalue weighted by Crippen LogP contribution is 2.09. The Hall–Kier alpha value is 0.470. The van der Waals surface area contributed by atoms with E-state index in [1.165, 1.54) is 87.9 Å². The summed E-state index contributed by atoms with van der Waals surface area (Å²) >= 11 is 2.47. The summed E-state index contributed by atoms with van der Waals surface area (Å²) in [6.07, 6.45) is 23.0. The van der Waals surface area contributed by atoms with E-state index in [1.807, 2.05) is 0 Å². The van der Waals surface area contributed by atoms with Gasteiger partial charge in [0.05, 0.1) is 0 Å². The SMILES string of the molecule is CCCCCCCC/C=C/CCCCCCCI. The second-order valence-corrected chi connectivity index (χ2v) is 6.35. The van der Waals surface area contributed by atoms with Gasteiger partial charge in [0.15, 0.2) is 0 Å². The van der Waals surface area contributed by atoms with E-state index in [4.69, 9.17) is 0 Å². The molecule has 0 aromatic rings. The molecule has 0 radical (unpaired) electrons. The fraction of sp³-hybridized carbons (Fsp3) is 0.882. The van der Waals surface area contributed by atoms with E-state index < -0.39 is 0 Å². The number of rotatable bonds is 14. The Morgan fingerprint density at radius 3 is 1.56 bits per heavy atom. The van der Waals surface area contributed by atoms with Crippen LogP contribution in [0.5, 0.6) is 0 Å². The molecule has 0 saturated carbocycles. The maximum Gasteiger partial charge on any atom is -0.000473 e. The second kappa shape index (κ2) is 17.5. The molecule has 0 spiro atoms. The molecule has 0 aliphatic carbocycles. The smallest absolute Gasteiger partial charge is 0.000473 e. The first-order valence-corrected chi connectivity index (χ1v) is 9.65. The van der Waals surface area contributed by atoms with Gasteiger partial charge in [0.25, 0.3) is 0 Å². The second-order valence-electron chi connectivity index (χ2n) is 5.27. The Morgan fingerprint density at radius 1 is 0.611 bits per heavy atom. The van der Waals surface area contributed by atoms with Gasteiger partial charge in [-0.25, -0.2) is 0 Å². The lowest BCUT2D eigenvalue weighted by Gasteiger charge is -1.98. The van der Waals surface area contributed by atoms with Crippen LogP contribution in [-0.2, 0) is 0 Å². The number of alkyl halides is 1. The molecule has 0 bridgehead atoms. The number of hydrogen-bond donors (Lipinski definition) is 0. The van der Waals surface area contributed by atoms with Crippen molar-refractivity contribution in [2.24, 2.45) is 0 Å². The molecule has 18 heavy (non-hydrogen) atoms. The molecule has 0 saturated heterocycles. The average molecular weight is 364 g/mol. The molecule has 0 atom stereocenters. The molecule has 0 heterocycles. The van der Waals surface area contributed by atoms with Crippen molar-refractivity contribution in [1.29, 1.82) is 0 Å². The topological polar surface area (TPSA) is 0 Å². The zero-order valence-electron chi connectivity index (χ0n) is 12.4. The molecule has 0 unspecified atom stereocenters. The van der Waals surface area contributed by atoms with Crippen molar-refractivity contribution in [3.63, 3.8) is 0 Å². The van der Waals surface area contributed by atoms with E-state index in [2.05, 4.69) is 41.7 Å². The van der Waals surface area contributed by atoms with E-state index in [1.54, 1.807) is 0 Å². The van der Waals surface area contributed by atoms with Gasteiger partial charge in [0.2, 0.25) is 0 Å². The van der Waals surface area contributed by atoms with Gasteiger partial charge in [-0.05, 0) is 36.5 Å². The van der Waals surface area contributed by atoms with Crippen LogP contribution < -0.4 is 0 Å². The molecular weight excluding hydrogens is 331 g/mol. The highest BCUT2D eigenvalue weighted by molar-refractivity contribution is 14.1. The van der Waals surface area contributed by atoms with Gasteiger partial charge in [0.1, 0.15) is 0 Å². The van der Waals surface area contributed by atoms with Crippen LogP contribution in [0.4, 0.5) is 0 Å². The molecule has 0 N–H and O–H groups in total. The first-order valence-electron chi connectivity index (χ1n) is 8.12. The Morgan fingerprint density at radius 2 is 1.06 bits per heavy atom. The summed E-state index contributed by atoms with van der Waals surface area (Å²) in [4.78, 5) is 0. The molecule has 1 heteroatoms. The monoisotopic (exact) mass is 364 g/mol. The molecule has 0 aromatic carbocycles. The summed E-state index contributed by atoms with van der Waals surface area (Å²) in [6.45, 7) is 2.28. The van der Waals surface area contributed by atoms with Crippen LogP contribution in [0.2, 0.25) is 0 Å². The van der Waals surface area contributed by atoms with E-state index >= 15 is 0 Å². The molecule has 0 fully saturated rings. The van der Waals surface area contributed by atoms with Gasteiger partial charge in [-0.1, -0.05) is 93.0 Å². The number of unbranched alkanes of at least 4 members (excludes halogenated alkanes) is 11. The Balaban J connectivity index is 3.00. The fourth-order valence-electron chi connectivity index (χ4n) is 2.17. The van der Waals surface area contributed by atoms with Crippen molar-refractivity contribution < 1.29 is 0 Å². The molecule has 108 valence electrons. The summed E-state index contributed by atoms with van der Waals surface area (Å²) in [6, 6.07) is 0. The summed E-state index contributed by atoms with van der Waals surface area (Å²) < 4.78 is 1.33. The van der Waals surface area contributed by atoms with Gasteiger partial charge in [-0.2, -0.15) is 0 Å². The van der Waals surface area contributed by atoms with E-state index in [0.29, 0.717) is 0 Å². The number of allylic oxidation sites excluding steroid dienone is 2. The van der Waals surface area contributed by atoms with Gasteiger partial charge >= 0.3 is 0 Å². The van der Waals surface area contributed by atoms with E-state index in [9.17, 15) is 0 Å². The first-order chi connectivity index (χ1) is 8.91. The molecule has 0 nitrogen and oxygen atoms in total. The third-order valence-corrected chi connectivity index (χ3v) is 4.16. The molecule has 0 aromatic heterocycles. The van der Waals surface area contributed by atoms with Crippen LogP contribution in [0.1, 0.15) is 90.4 Å². The summed E-state index contributed by atoms with van der Waals surface area (Å²) in [5.41, 5.74) is 0. The standard InChI is InChI=1S/C17H33I/c1-2-3-4-5-6-7-8-9-10-11-12-13-14-15-16-17-18/h9-10H,2-8,11-17H2,1H3/b10-9+. The third-order valence-electron chi connectivity index (χ3n) is 3.40. The number of halogens is 1. The van der Waals surface area contributed by atoms with Crippen molar-refractivity contribution in [1.82, 2.24) is 0 Å². The Kier molecular flexibility index (Phi) is 17.9. The van der Waals surface area contributed by atoms with E-state index in [0.717, 1.165) is 0 Å². The van der Waals surface area contributed by atoms with Gasteiger partial charge in [-0.15, -0.1) is 0 Å². The highest BCUT2D eigenvalue weighted by Gasteiger charge is 1.89. The lowest BCUT2D eigenvalue weighted by Crippen LogP contribution is -1.79. The maximum absolute atomic E-state index is 2.47. The Bertz CT molecular complexity index is 145. The highest BCUT2D eigenvalue weighted by atomic mass is 127. The predicted molar refractivity (Wildman–Crippen MR) is 93.7 cm³/mol. The van der Waals surface area contributed by atoms with Crippen LogP contribution in [0.25, 0.3) is 0 Å². The van der Waals surface area contributed by atoms with Crippen LogP contribution in [0.15, 0.2) is 12.2 Å². The molecule has 0 aliphatic rings. The van der Waals surface area contributed by atoms with Gasteiger partial charge in [0, 0.05) is 0 Å². The third kappa shape index (κ3) is 16.5. The van der Waals surface area contributed by atoms with Gasteiger partial charge < -0.3 is 0 Å². The quantitative estimate of drug-likeness (QED) is 0.134. The molecule has 0 amide bonds. The molecule has 0 rings (SSSR count). The normalized spacial score (nSPS) is 11.4. The largest absolute Gasteiger partial charge is 0.0885 e. The number of hydrogen-bond acceptors (Lipinski definition) is 0. The molecule has 0 aliphatic heterocycles. The summed E-state index contributed by atoms with van der Waals surface area (Å²) in [7, 11) is 0. The van der Waals surface area contributed by atoms with Crippen LogP contribution in [-0.4, -0.2) is 4.43 Å². The van der Waals surface area contributed by atoms with Crippen molar-refractivity contribution in [2.75, 3.05) is 4.43 Å². The first kappa shape index (κ1) is 18.5. The van der Waals surface area contributed by atoms with Crippen LogP contribution in [0.3, 0.4) is 0 Å². The van der Waals surface area contributed by atoms with Crippen molar-refractivity contribution >= 4 is 22.6 Å². The minimum absolute atomic E-state index is 1.31. The van der Waals surface area contributed by atoms with Crippen LogP contribution >= 0.6 is 22.6 Å². The average Bonchev–Trinajstić information content (AvgIpc) is 2.39.